The summed E-state index contributed by atoms with van der Waals surface area (Å²) in [5.74, 6) is -0.831. The van der Waals surface area contributed by atoms with Crippen LogP contribution in [0.15, 0.2) is 12.1 Å². The number of anilines is 1. The van der Waals surface area contributed by atoms with Crippen molar-refractivity contribution < 1.29 is 38.1 Å². The molecule has 168 valence electrons. The molecular formula is C21H25NO8S. The van der Waals surface area contributed by atoms with Gasteiger partial charge in [-0.2, -0.15) is 0 Å². The van der Waals surface area contributed by atoms with Crippen LogP contribution in [0.3, 0.4) is 0 Å². The first-order valence-electron chi connectivity index (χ1n) is 9.41. The molecule has 0 saturated heterocycles. The van der Waals surface area contributed by atoms with E-state index in [4.69, 9.17) is 23.7 Å². The Kier molecular flexibility index (Phi) is 8.26. The van der Waals surface area contributed by atoms with Gasteiger partial charge in [0.15, 0.2) is 11.5 Å². The molecule has 2 rings (SSSR count). The maximum absolute atomic E-state index is 13.0. The van der Waals surface area contributed by atoms with Crippen LogP contribution in [0.1, 0.15) is 49.8 Å². The summed E-state index contributed by atoms with van der Waals surface area (Å²) in [5.41, 5.74) is 0.686. The van der Waals surface area contributed by atoms with Crippen LogP contribution in [0.5, 0.6) is 17.2 Å². The van der Waals surface area contributed by atoms with Gasteiger partial charge in [-0.15, -0.1) is 11.3 Å². The number of methoxy groups -OCH3 is 3. The number of hydrogen-bond acceptors (Lipinski definition) is 9. The largest absolute Gasteiger partial charge is 0.493 e. The summed E-state index contributed by atoms with van der Waals surface area (Å²) in [4.78, 5) is 38.0. The van der Waals surface area contributed by atoms with Gasteiger partial charge in [0.05, 0.1) is 40.1 Å². The molecule has 1 N–H and O–H groups in total. The van der Waals surface area contributed by atoms with Crippen molar-refractivity contribution in [2.24, 2.45) is 0 Å². The molecule has 0 aliphatic carbocycles. The lowest BCUT2D eigenvalue weighted by Gasteiger charge is -2.14. The summed E-state index contributed by atoms with van der Waals surface area (Å²) in [6.45, 7) is 5.27. The van der Waals surface area contributed by atoms with Gasteiger partial charge in [-0.1, -0.05) is 0 Å². The molecule has 0 bridgehead atoms. The van der Waals surface area contributed by atoms with E-state index in [9.17, 15) is 14.4 Å². The van der Waals surface area contributed by atoms with Crippen molar-refractivity contribution in [1.82, 2.24) is 0 Å². The minimum atomic E-state index is -0.646. The summed E-state index contributed by atoms with van der Waals surface area (Å²) < 4.78 is 26.0. The Morgan fingerprint density at radius 1 is 0.903 bits per heavy atom. The molecular weight excluding hydrogens is 426 g/mol. The van der Waals surface area contributed by atoms with Gasteiger partial charge in [0, 0.05) is 5.56 Å². The van der Waals surface area contributed by atoms with E-state index in [-0.39, 0.29) is 34.2 Å². The number of hydrogen-bond donors (Lipinski definition) is 1. The van der Waals surface area contributed by atoms with Crippen LogP contribution in [0, 0.1) is 6.92 Å². The van der Waals surface area contributed by atoms with E-state index in [0.717, 1.165) is 11.3 Å². The Bertz CT molecular complexity index is 957. The average Bonchev–Trinajstić information content (AvgIpc) is 3.08. The molecule has 10 heteroatoms. The zero-order valence-corrected chi connectivity index (χ0v) is 19.1. The van der Waals surface area contributed by atoms with Gasteiger partial charge in [-0.25, -0.2) is 9.59 Å². The predicted molar refractivity (Wildman–Crippen MR) is 115 cm³/mol. The second kappa shape index (κ2) is 10.7. The molecule has 1 amide bonds. The fourth-order valence-electron chi connectivity index (χ4n) is 2.83. The van der Waals surface area contributed by atoms with Crippen LogP contribution < -0.4 is 19.5 Å². The fraction of sp³-hybridized carbons (Fsp3) is 0.381. The van der Waals surface area contributed by atoms with Gasteiger partial charge in [-0.05, 0) is 38.5 Å². The van der Waals surface area contributed by atoms with Crippen LogP contribution in [-0.2, 0) is 9.47 Å². The second-order valence-corrected chi connectivity index (χ2v) is 7.09. The van der Waals surface area contributed by atoms with Crippen LogP contribution in [0.4, 0.5) is 5.00 Å². The maximum Gasteiger partial charge on any atom is 0.348 e. The molecule has 0 spiro atoms. The van der Waals surface area contributed by atoms with E-state index in [0.29, 0.717) is 22.8 Å². The first kappa shape index (κ1) is 24.0. The zero-order valence-electron chi connectivity index (χ0n) is 18.2. The lowest BCUT2D eigenvalue weighted by Crippen LogP contribution is -2.15. The van der Waals surface area contributed by atoms with E-state index in [1.807, 2.05) is 0 Å². The van der Waals surface area contributed by atoms with E-state index in [1.165, 1.54) is 33.5 Å². The van der Waals surface area contributed by atoms with Crippen molar-refractivity contribution >= 4 is 34.2 Å². The predicted octanol–water partition coefficient (Wildman–Crippen LogP) is 3.69. The third-order valence-corrected chi connectivity index (χ3v) is 5.43. The first-order chi connectivity index (χ1) is 14.8. The smallest absolute Gasteiger partial charge is 0.348 e. The van der Waals surface area contributed by atoms with E-state index < -0.39 is 17.8 Å². The molecule has 0 aliphatic rings. The van der Waals surface area contributed by atoms with E-state index in [1.54, 1.807) is 20.8 Å². The summed E-state index contributed by atoms with van der Waals surface area (Å²) in [7, 11) is 4.33. The third kappa shape index (κ3) is 5.08. The number of thiophene rings is 1. The minimum absolute atomic E-state index is 0.107. The standard InChI is InChI=1S/C21H25NO8S/c1-7-29-20(24)15-11(3)17(21(25)30-8-2)31-19(15)22-18(23)12-9-13(26-4)16(28-6)14(10-12)27-5/h9-10H,7-8H2,1-6H3,(H,22,23). The molecule has 9 nitrogen and oxygen atoms in total. The van der Waals surface area contributed by atoms with Gasteiger partial charge in [-0.3, -0.25) is 4.79 Å². The Morgan fingerprint density at radius 3 is 1.94 bits per heavy atom. The number of esters is 2. The van der Waals surface area contributed by atoms with Gasteiger partial charge < -0.3 is 29.0 Å². The number of benzene rings is 1. The lowest BCUT2D eigenvalue weighted by atomic mass is 10.1. The molecule has 0 radical (unpaired) electrons. The number of carbonyl (C=O) groups is 3. The molecule has 2 aromatic rings. The highest BCUT2D eigenvalue weighted by Gasteiger charge is 2.28. The SMILES string of the molecule is CCOC(=O)c1sc(NC(=O)c2cc(OC)c(OC)c(OC)c2)c(C(=O)OCC)c1C. The summed E-state index contributed by atoms with van der Waals surface area (Å²) in [5, 5.41) is 2.86. The topological polar surface area (TPSA) is 109 Å². The van der Waals surface area contributed by atoms with Crippen molar-refractivity contribution in [2.45, 2.75) is 20.8 Å². The van der Waals surface area contributed by atoms with E-state index in [2.05, 4.69) is 5.32 Å². The molecule has 0 saturated carbocycles. The Hall–Kier alpha value is -3.27. The van der Waals surface area contributed by atoms with Gasteiger partial charge in [0.2, 0.25) is 5.75 Å². The molecule has 1 aromatic carbocycles. The molecule has 31 heavy (non-hydrogen) atoms. The first-order valence-corrected chi connectivity index (χ1v) is 10.2. The normalized spacial score (nSPS) is 10.3. The van der Waals surface area contributed by atoms with Gasteiger partial charge >= 0.3 is 11.9 Å². The molecule has 0 aliphatic heterocycles. The molecule has 1 heterocycles. The van der Waals surface area contributed by atoms with Gasteiger partial charge in [0.25, 0.3) is 5.91 Å². The number of amides is 1. The highest BCUT2D eigenvalue weighted by Crippen LogP contribution is 2.39. The minimum Gasteiger partial charge on any atom is -0.493 e. The quantitative estimate of drug-likeness (QED) is 0.575. The number of nitrogens with one attached hydrogen (secondary N) is 1. The molecule has 1 aromatic heterocycles. The highest BCUT2D eigenvalue weighted by atomic mass is 32.1. The summed E-state index contributed by atoms with van der Waals surface area (Å²) in [6.07, 6.45) is 0. The monoisotopic (exact) mass is 451 g/mol. The van der Waals surface area contributed by atoms with Crippen molar-refractivity contribution in [1.29, 1.82) is 0 Å². The van der Waals surface area contributed by atoms with Crippen LogP contribution in [-0.4, -0.2) is 52.4 Å². The molecule has 0 atom stereocenters. The molecule has 0 unspecified atom stereocenters. The lowest BCUT2D eigenvalue weighted by molar-refractivity contribution is 0.0527. The number of rotatable bonds is 9. The summed E-state index contributed by atoms with van der Waals surface area (Å²) in [6, 6.07) is 2.96. The molecule has 0 fully saturated rings. The second-order valence-electron chi connectivity index (χ2n) is 6.07. The van der Waals surface area contributed by atoms with Crippen LogP contribution in [0.2, 0.25) is 0 Å². The number of ether oxygens (including phenoxy) is 5. The zero-order chi connectivity index (χ0) is 23.1. The van der Waals surface area contributed by atoms with E-state index >= 15 is 0 Å². The van der Waals surface area contributed by atoms with Crippen molar-refractivity contribution in [2.75, 3.05) is 39.9 Å². The Morgan fingerprint density at radius 2 is 1.45 bits per heavy atom. The Labute approximate surface area is 184 Å². The Balaban J connectivity index is 2.49. The average molecular weight is 451 g/mol. The van der Waals surface area contributed by atoms with Crippen molar-refractivity contribution in [3.8, 4) is 17.2 Å². The van der Waals surface area contributed by atoms with Gasteiger partial charge in [0.1, 0.15) is 9.88 Å². The fourth-order valence-corrected chi connectivity index (χ4v) is 3.91. The van der Waals surface area contributed by atoms with Crippen molar-refractivity contribution in [3.05, 3.63) is 33.7 Å². The maximum atomic E-state index is 13.0. The highest BCUT2D eigenvalue weighted by molar-refractivity contribution is 7.18. The van der Waals surface area contributed by atoms with Crippen LogP contribution >= 0.6 is 11.3 Å². The summed E-state index contributed by atoms with van der Waals surface area (Å²) >= 11 is 0.944. The van der Waals surface area contributed by atoms with Crippen LogP contribution in [0.25, 0.3) is 0 Å². The van der Waals surface area contributed by atoms with Crippen molar-refractivity contribution in [3.63, 3.8) is 0 Å². The number of carbonyl (C=O) groups excluding carboxylic acids is 3. The third-order valence-electron chi connectivity index (χ3n) is 4.24.